The molecule has 0 bridgehead atoms. The standard InChI is InChI=1S/C7H12FNS/c8-5-3-1-2-4-6-10-7-9/h1-6H2. The summed E-state index contributed by atoms with van der Waals surface area (Å²) in [7, 11) is 0. The Morgan fingerprint density at radius 2 is 1.90 bits per heavy atom. The highest BCUT2D eigenvalue weighted by molar-refractivity contribution is 8.03. The van der Waals surface area contributed by atoms with Crippen LogP contribution >= 0.6 is 11.8 Å². The van der Waals surface area contributed by atoms with Gasteiger partial charge < -0.3 is 0 Å². The van der Waals surface area contributed by atoms with Gasteiger partial charge in [0.05, 0.1) is 6.67 Å². The Morgan fingerprint density at radius 1 is 1.20 bits per heavy atom. The molecule has 0 unspecified atom stereocenters. The van der Waals surface area contributed by atoms with Crippen molar-refractivity contribution in [1.82, 2.24) is 0 Å². The summed E-state index contributed by atoms with van der Waals surface area (Å²) in [6.07, 6.45) is 3.73. The van der Waals surface area contributed by atoms with E-state index in [1.807, 2.05) is 5.40 Å². The summed E-state index contributed by atoms with van der Waals surface area (Å²) in [6, 6.07) is 0. The van der Waals surface area contributed by atoms with Gasteiger partial charge in [0.2, 0.25) is 0 Å². The topological polar surface area (TPSA) is 23.8 Å². The minimum absolute atomic E-state index is 0.203. The van der Waals surface area contributed by atoms with E-state index >= 15 is 0 Å². The minimum Gasteiger partial charge on any atom is -0.251 e. The van der Waals surface area contributed by atoms with Crippen LogP contribution in [0.2, 0.25) is 0 Å². The third kappa shape index (κ3) is 7.77. The van der Waals surface area contributed by atoms with Crippen LogP contribution in [0.1, 0.15) is 25.7 Å². The third-order valence-electron chi connectivity index (χ3n) is 1.19. The molecule has 0 N–H and O–H groups in total. The van der Waals surface area contributed by atoms with Crippen molar-refractivity contribution >= 4 is 11.8 Å². The average molecular weight is 161 g/mol. The lowest BCUT2D eigenvalue weighted by Crippen LogP contribution is -1.81. The first-order valence-corrected chi connectivity index (χ1v) is 4.47. The van der Waals surface area contributed by atoms with Crippen molar-refractivity contribution in [2.75, 3.05) is 12.4 Å². The van der Waals surface area contributed by atoms with Gasteiger partial charge in [-0.3, -0.25) is 4.39 Å². The zero-order chi connectivity index (χ0) is 7.66. The van der Waals surface area contributed by atoms with Crippen LogP contribution in [0.15, 0.2) is 0 Å². The molecule has 0 atom stereocenters. The molecular weight excluding hydrogens is 149 g/mol. The molecule has 0 aliphatic heterocycles. The number of halogens is 1. The molecule has 3 heteroatoms. The monoisotopic (exact) mass is 161 g/mol. The Morgan fingerprint density at radius 3 is 2.50 bits per heavy atom. The number of thioether (sulfide) groups is 1. The summed E-state index contributed by atoms with van der Waals surface area (Å²) >= 11 is 1.28. The molecule has 1 nitrogen and oxygen atoms in total. The summed E-state index contributed by atoms with van der Waals surface area (Å²) in [5, 5.41) is 10.1. The van der Waals surface area contributed by atoms with Crippen molar-refractivity contribution in [2.45, 2.75) is 25.7 Å². The molecule has 0 fully saturated rings. The molecule has 10 heavy (non-hydrogen) atoms. The maximum Gasteiger partial charge on any atom is 0.133 e. The minimum atomic E-state index is -0.203. The Kier molecular flexibility index (Phi) is 8.57. The number of nitrogens with zero attached hydrogens (tertiary/aromatic N) is 1. The number of alkyl halides is 1. The predicted octanol–water partition coefficient (Wildman–Crippen LogP) is 2.73. The molecule has 0 aromatic heterocycles. The summed E-state index contributed by atoms with van der Waals surface area (Å²) in [5.41, 5.74) is 0. The fourth-order valence-electron chi connectivity index (χ4n) is 0.668. The molecule has 0 aromatic rings. The normalized spacial score (nSPS) is 9.20. The second kappa shape index (κ2) is 8.77. The Balaban J connectivity index is 2.72. The molecule has 0 amide bonds. The smallest absolute Gasteiger partial charge is 0.133 e. The first-order valence-electron chi connectivity index (χ1n) is 3.48. The summed E-state index contributed by atoms with van der Waals surface area (Å²) < 4.78 is 11.5. The van der Waals surface area contributed by atoms with Crippen molar-refractivity contribution in [2.24, 2.45) is 0 Å². The maximum atomic E-state index is 11.5. The second-order valence-electron chi connectivity index (χ2n) is 2.04. The molecule has 58 valence electrons. The number of thiocyanates is 1. The van der Waals surface area contributed by atoms with Gasteiger partial charge in [0, 0.05) is 5.75 Å². The van der Waals surface area contributed by atoms with Gasteiger partial charge in [-0.2, -0.15) is 5.26 Å². The van der Waals surface area contributed by atoms with E-state index < -0.39 is 0 Å². The largest absolute Gasteiger partial charge is 0.251 e. The van der Waals surface area contributed by atoms with Crippen molar-refractivity contribution in [1.29, 1.82) is 5.26 Å². The predicted molar refractivity (Wildman–Crippen MR) is 42.5 cm³/mol. The molecular formula is C7H12FNS. The summed E-state index contributed by atoms with van der Waals surface area (Å²) in [6.45, 7) is -0.203. The fraction of sp³-hybridized carbons (Fsp3) is 0.857. The lowest BCUT2D eigenvalue weighted by molar-refractivity contribution is 0.455. The Hall–Kier alpha value is -0.230. The van der Waals surface area contributed by atoms with E-state index in [1.54, 1.807) is 0 Å². The van der Waals surface area contributed by atoms with E-state index in [0.29, 0.717) is 6.42 Å². The number of hydrogen-bond acceptors (Lipinski definition) is 2. The molecule has 0 aliphatic rings. The average Bonchev–Trinajstić information content (AvgIpc) is 1.97. The van der Waals surface area contributed by atoms with Gasteiger partial charge in [0.1, 0.15) is 5.40 Å². The second-order valence-corrected chi connectivity index (χ2v) is 2.92. The van der Waals surface area contributed by atoms with Crippen molar-refractivity contribution in [3.63, 3.8) is 0 Å². The van der Waals surface area contributed by atoms with E-state index in [2.05, 4.69) is 0 Å². The van der Waals surface area contributed by atoms with Crippen LogP contribution in [0.5, 0.6) is 0 Å². The molecule has 0 rings (SSSR count). The number of unbranched alkanes of at least 4 members (excludes halogenated alkanes) is 3. The summed E-state index contributed by atoms with van der Waals surface area (Å²) in [4.78, 5) is 0. The quantitative estimate of drug-likeness (QED) is 0.442. The maximum absolute atomic E-state index is 11.5. The molecule has 0 aromatic carbocycles. The van der Waals surface area contributed by atoms with Crippen LogP contribution in [0, 0.1) is 10.7 Å². The van der Waals surface area contributed by atoms with Gasteiger partial charge in [-0.15, -0.1) is 0 Å². The molecule has 0 aliphatic carbocycles. The molecule has 0 saturated heterocycles. The van der Waals surface area contributed by atoms with E-state index in [-0.39, 0.29) is 6.67 Å². The van der Waals surface area contributed by atoms with Gasteiger partial charge >= 0.3 is 0 Å². The van der Waals surface area contributed by atoms with Crippen LogP contribution in [0.25, 0.3) is 0 Å². The van der Waals surface area contributed by atoms with E-state index in [0.717, 1.165) is 25.0 Å². The Labute approximate surface area is 65.6 Å². The number of nitriles is 1. The highest BCUT2D eigenvalue weighted by Gasteiger charge is 1.89. The number of hydrogen-bond donors (Lipinski definition) is 0. The third-order valence-corrected chi connectivity index (χ3v) is 1.82. The van der Waals surface area contributed by atoms with Gasteiger partial charge in [0.25, 0.3) is 0 Å². The highest BCUT2D eigenvalue weighted by atomic mass is 32.2. The lowest BCUT2D eigenvalue weighted by Gasteiger charge is -1.93. The SMILES string of the molecule is N#CSCCCCCCF. The molecule has 0 saturated carbocycles. The molecule has 0 radical (unpaired) electrons. The highest BCUT2D eigenvalue weighted by Crippen LogP contribution is 2.05. The van der Waals surface area contributed by atoms with Gasteiger partial charge in [-0.25, -0.2) is 0 Å². The van der Waals surface area contributed by atoms with Crippen LogP contribution in [0.4, 0.5) is 4.39 Å². The lowest BCUT2D eigenvalue weighted by atomic mass is 10.2. The van der Waals surface area contributed by atoms with Gasteiger partial charge in [-0.05, 0) is 24.6 Å². The van der Waals surface area contributed by atoms with Crippen LogP contribution in [0.3, 0.4) is 0 Å². The molecule has 0 heterocycles. The molecule has 0 spiro atoms. The summed E-state index contributed by atoms with van der Waals surface area (Å²) in [5.74, 6) is 0.892. The van der Waals surface area contributed by atoms with Crippen molar-refractivity contribution < 1.29 is 4.39 Å². The van der Waals surface area contributed by atoms with Crippen molar-refractivity contribution in [3.05, 3.63) is 0 Å². The zero-order valence-electron chi connectivity index (χ0n) is 5.98. The van der Waals surface area contributed by atoms with Gasteiger partial charge in [-0.1, -0.05) is 12.8 Å². The van der Waals surface area contributed by atoms with Crippen LogP contribution in [-0.4, -0.2) is 12.4 Å². The fourth-order valence-corrected chi connectivity index (χ4v) is 1.11. The van der Waals surface area contributed by atoms with Gasteiger partial charge in [0.15, 0.2) is 0 Å². The number of rotatable bonds is 6. The van der Waals surface area contributed by atoms with E-state index in [4.69, 9.17) is 5.26 Å². The zero-order valence-corrected chi connectivity index (χ0v) is 6.79. The first kappa shape index (κ1) is 9.77. The van der Waals surface area contributed by atoms with E-state index in [9.17, 15) is 4.39 Å². The van der Waals surface area contributed by atoms with Crippen LogP contribution < -0.4 is 0 Å². The van der Waals surface area contributed by atoms with Crippen LogP contribution in [-0.2, 0) is 0 Å². The van der Waals surface area contributed by atoms with E-state index in [1.165, 1.54) is 11.8 Å². The van der Waals surface area contributed by atoms with Crippen molar-refractivity contribution in [3.8, 4) is 5.40 Å². The Bertz CT molecular complexity index is 100. The first-order chi connectivity index (χ1) is 4.91.